The summed E-state index contributed by atoms with van der Waals surface area (Å²) in [5, 5.41) is 3.87. The quantitative estimate of drug-likeness (QED) is 0.625. The van der Waals surface area contributed by atoms with Gasteiger partial charge in [0.25, 0.3) is 0 Å². The van der Waals surface area contributed by atoms with Gasteiger partial charge in [0.1, 0.15) is 5.75 Å². The molecular weight excluding hydrogens is 337 g/mol. The third kappa shape index (κ3) is 4.34. The lowest BCUT2D eigenvalue weighted by Crippen LogP contribution is -2.08. The molecule has 0 spiro atoms. The highest BCUT2D eigenvalue weighted by Gasteiger charge is 2.33. The normalized spacial score (nSPS) is 11.4. The van der Waals surface area contributed by atoms with E-state index in [0.717, 1.165) is 6.07 Å². The molecule has 0 unspecified atom stereocenters. The summed E-state index contributed by atoms with van der Waals surface area (Å²) in [6, 6.07) is 8.29. The van der Waals surface area contributed by atoms with Crippen LogP contribution in [0.15, 0.2) is 41.5 Å². The highest BCUT2D eigenvalue weighted by Crippen LogP contribution is 2.35. The van der Waals surface area contributed by atoms with Gasteiger partial charge in [-0.1, -0.05) is 12.1 Å². The standard InChI is InChI=1S/C17H17F3N2O3/c1-23-14-9-16(25-3)15(24-2)8-11(14)10-21-22-13-7-5-4-6-12(13)17(18,19)20/h4-10,22H,1-3H3. The van der Waals surface area contributed by atoms with Gasteiger partial charge in [0.2, 0.25) is 0 Å². The summed E-state index contributed by atoms with van der Waals surface area (Å²) in [5.74, 6) is 1.35. The molecule has 1 N–H and O–H groups in total. The Kier molecular flexibility index (Phi) is 5.74. The first kappa shape index (κ1) is 18.4. The lowest BCUT2D eigenvalue weighted by molar-refractivity contribution is -0.136. The zero-order valence-electron chi connectivity index (χ0n) is 13.8. The van der Waals surface area contributed by atoms with Crippen LogP contribution in [0.2, 0.25) is 0 Å². The van der Waals surface area contributed by atoms with E-state index in [2.05, 4.69) is 10.5 Å². The smallest absolute Gasteiger partial charge is 0.418 e. The van der Waals surface area contributed by atoms with E-state index < -0.39 is 11.7 Å². The van der Waals surface area contributed by atoms with Crippen molar-refractivity contribution in [2.75, 3.05) is 26.8 Å². The SMILES string of the molecule is COc1cc(OC)c(OC)cc1C=NNc1ccccc1C(F)(F)F. The molecule has 5 nitrogen and oxygen atoms in total. The van der Waals surface area contributed by atoms with Gasteiger partial charge in [0, 0.05) is 11.6 Å². The maximum absolute atomic E-state index is 13.0. The average Bonchev–Trinajstić information content (AvgIpc) is 2.60. The molecule has 8 heteroatoms. The van der Waals surface area contributed by atoms with Crippen molar-refractivity contribution in [3.63, 3.8) is 0 Å². The van der Waals surface area contributed by atoms with Crippen LogP contribution in [0.3, 0.4) is 0 Å². The number of nitrogens with zero attached hydrogens (tertiary/aromatic N) is 1. The molecule has 2 aromatic carbocycles. The maximum atomic E-state index is 13.0. The molecular formula is C17H17F3N2O3. The van der Waals surface area contributed by atoms with Gasteiger partial charge in [-0.3, -0.25) is 5.43 Å². The van der Waals surface area contributed by atoms with Crippen molar-refractivity contribution in [1.29, 1.82) is 0 Å². The van der Waals surface area contributed by atoms with Crippen LogP contribution in [0.5, 0.6) is 17.2 Å². The average molecular weight is 354 g/mol. The molecule has 0 saturated heterocycles. The highest BCUT2D eigenvalue weighted by molar-refractivity contribution is 5.85. The van der Waals surface area contributed by atoms with Crippen molar-refractivity contribution in [3.05, 3.63) is 47.5 Å². The van der Waals surface area contributed by atoms with E-state index in [1.165, 1.54) is 45.7 Å². The number of hydrogen-bond acceptors (Lipinski definition) is 5. The number of hydrogen-bond donors (Lipinski definition) is 1. The van der Waals surface area contributed by atoms with Gasteiger partial charge in [-0.05, 0) is 18.2 Å². The third-order valence-electron chi connectivity index (χ3n) is 3.36. The number of para-hydroxylation sites is 1. The van der Waals surface area contributed by atoms with Crippen LogP contribution in [0.25, 0.3) is 0 Å². The molecule has 0 aromatic heterocycles. The molecule has 2 rings (SSSR count). The molecule has 2 aromatic rings. The molecule has 0 atom stereocenters. The van der Waals surface area contributed by atoms with E-state index in [9.17, 15) is 13.2 Å². The van der Waals surface area contributed by atoms with Crippen LogP contribution in [-0.4, -0.2) is 27.5 Å². The molecule has 0 fully saturated rings. The van der Waals surface area contributed by atoms with Gasteiger partial charge in [0.05, 0.1) is 38.8 Å². The van der Waals surface area contributed by atoms with Crippen LogP contribution in [0, 0.1) is 0 Å². The van der Waals surface area contributed by atoms with Gasteiger partial charge in [-0.25, -0.2) is 0 Å². The Hall–Kier alpha value is -2.90. The van der Waals surface area contributed by atoms with Crippen LogP contribution < -0.4 is 19.6 Å². The molecule has 0 heterocycles. The summed E-state index contributed by atoms with van der Waals surface area (Å²) in [7, 11) is 4.43. The zero-order chi connectivity index (χ0) is 18.4. The number of rotatable bonds is 6. The first-order valence-electron chi connectivity index (χ1n) is 7.16. The van der Waals surface area contributed by atoms with E-state index in [1.807, 2.05) is 0 Å². The summed E-state index contributed by atoms with van der Waals surface area (Å²) in [4.78, 5) is 0. The first-order chi connectivity index (χ1) is 11.9. The summed E-state index contributed by atoms with van der Waals surface area (Å²) in [5.41, 5.74) is 1.97. The fourth-order valence-electron chi connectivity index (χ4n) is 2.15. The van der Waals surface area contributed by atoms with Crippen molar-refractivity contribution in [3.8, 4) is 17.2 Å². The minimum Gasteiger partial charge on any atom is -0.496 e. The molecule has 0 aliphatic carbocycles. The largest absolute Gasteiger partial charge is 0.496 e. The third-order valence-corrected chi connectivity index (χ3v) is 3.36. The molecule has 0 saturated carbocycles. The van der Waals surface area contributed by atoms with Crippen LogP contribution >= 0.6 is 0 Å². The molecule has 0 radical (unpaired) electrons. The summed E-state index contributed by atoms with van der Waals surface area (Å²) in [6.45, 7) is 0. The lowest BCUT2D eigenvalue weighted by Gasteiger charge is -2.13. The fourth-order valence-corrected chi connectivity index (χ4v) is 2.15. The number of benzene rings is 2. The second-order valence-electron chi connectivity index (χ2n) is 4.86. The second kappa shape index (κ2) is 7.78. The lowest BCUT2D eigenvalue weighted by atomic mass is 10.2. The van der Waals surface area contributed by atoms with E-state index in [-0.39, 0.29) is 5.69 Å². The summed E-state index contributed by atoms with van der Waals surface area (Å²) in [6.07, 6.45) is -3.13. The van der Waals surface area contributed by atoms with Crippen LogP contribution in [0.4, 0.5) is 18.9 Å². The number of halogens is 3. The van der Waals surface area contributed by atoms with Crippen molar-refractivity contribution in [1.82, 2.24) is 0 Å². The maximum Gasteiger partial charge on any atom is 0.418 e. The molecule has 0 bridgehead atoms. The Bertz CT molecular complexity index is 761. The number of methoxy groups -OCH3 is 3. The van der Waals surface area contributed by atoms with Crippen molar-refractivity contribution in [2.24, 2.45) is 5.10 Å². The number of hydrazone groups is 1. The second-order valence-corrected chi connectivity index (χ2v) is 4.86. The number of nitrogens with one attached hydrogen (secondary N) is 1. The van der Waals surface area contributed by atoms with Crippen LogP contribution in [-0.2, 0) is 6.18 Å². The van der Waals surface area contributed by atoms with Crippen molar-refractivity contribution in [2.45, 2.75) is 6.18 Å². The predicted molar refractivity (Wildman–Crippen MR) is 88.8 cm³/mol. The molecule has 0 aliphatic heterocycles. The Morgan fingerprint density at radius 2 is 1.52 bits per heavy atom. The van der Waals surface area contributed by atoms with Gasteiger partial charge >= 0.3 is 6.18 Å². The number of anilines is 1. The van der Waals surface area contributed by atoms with E-state index >= 15 is 0 Å². The molecule has 134 valence electrons. The van der Waals surface area contributed by atoms with Gasteiger partial charge in [-0.2, -0.15) is 18.3 Å². The Morgan fingerprint density at radius 3 is 2.12 bits per heavy atom. The summed E-state index contributed by atoms with van der Waals surface area (Å²) >= 11 is 0. The monoisotopic (exact) mass is 354 g/mol. The van der Waals surface area contributed by atoms with E-state index in [4.69, 9.17) is 14.2 Å². The Labute approximate surface area is 143 Å². The predicted octanol–water partition coefficient (Wildman–Crippen LogP) is 4.18. The van der Waals surface area contributed by atoms with Crippen molar-refractivity contribution < 1.29 is 27.4 Å². The van der Waals surface area contributed by atoms with Crippen LogP contribution in [0.1, 0.15) is 11.1 Å². The van der Waals surface area contributed by atoms with Gasteiger partial charge in [0.15, 0.2) is 11.5 Å². The number of alkyl halides is 3. The van der Waals surface area contributed by atoms with Crippen molar-refractivity contribution >= 4 is 11.9 Å². The Balaban J connectivity index is 2.29. The number of ether oxygens (including phenoxy) is 3. The molecule has 0 aliphatic rings. The summed E-state index contributed by atoms with van der Waals surface area (Å²) < 4.78 is 54.5. The van der Waals surface area contributed by atoms with E-state index in [0.29, 0.717) is 22.8 Å². The van der Waals surface area contributed by atoms with Gasteiger partial charge < -0.3 is 14.2 Å². The fraction of sp³-hybridized carbons (Fsp3) is 0.235. The topological polar surface area (TPSA) is 52.1 Å². The van der Waals surface area contributed by atoms with E-state index in [1.54, 1.807) is 12.1 Å². The first-order valence-corrected chi connectivity index (χ1v) is 7.16. The minimum absolute atomic E-state index is 0.148. The highest BCUT2D eigenvalue weighted by atomic mass is 19.4. The minimum atomic E-state index is -4.47. The molecule has 0 amide bonds. The molecule has 25 heavy (non-hydrogen) atoms. The Morgan fingerprint density at radius 1 is 0.920 bits per heavy atom. The zero-order valence-corrected chi connectivity index (χ0v) is 13.8. The van der Waals surface area contributed by atoms with Gasteiger partial charge in [-0.15, -0.1) is 0 Å².